The van der Waals surface area contributed by atoms with E-state index in [0.29, 0.717) is 6.61 Å². The molecule has 94 valence electrons. The van der Waals surface area contributed by atoms with E-state index in [4.69, 9.17) is 4.74 Å². The minimum Gasteiger partial charge on any atom is -0.476 e. The van der Waals surface area contributed by atoms with Gasteiger partial charge in [0.2, 0.25) is 5.88 Å². The van der Waals surface area contributed by atoms with Gasteiger partial charge in [0.25, 0.3) is 0 Å². The maximum atomic E-state index is 13.6. The van der Waals surface area contributed by atoms with Crippen molar-refractivity contribution in [3.63, 3.8) is 0 Å². The lowest BCUT2D eigenvalue weighted by Gasteiger charge is -2.27. The number of aromatic nitrogens is 1. The molecule has 0 spiro atoms. The van der Waals surface area contributed by atoms with Crippen molar-refractivity contribution in [3.8, 4) is 5.88 Å². The molecule has 0 bridgehead atoms. The van der Waals surface area contributed by atoms with Crippen LogP contribution in [0, 0.1) is 5.82 Å². The fraction of sp³-hybridized carbons (Fsp3) is 0.583. The standard InChI is InChI=1S/C12H18FN3O/c1-2-17-12-11(13)7-10(8-15-12)9-16-5-3-14-4-6-16/h7-8,14H,2-6,9H2,1H3. The SMILES string of the molecule is CCOc1ncc(CN2CCNCC2)cc1F. The van der Waals surface area contributed by atoms with E-state index in [1.165, 1.54) is 6.07 Å². The molecule has 0 aliphatic carbocycles. The van der Waals surface area contributed by atoms with Crippen molar-refractivity contribution in [1.82, 2.24) is 15.2 Å². The van der Waals surface area contributed by atoms with Gasteiger partial charge in [0.1, 0.15) is 0 Å². The van der Waals surface area contributed by atoms with Crippen molar-refractivity contribution in [2.24, 2.45) is 0 Å². The van der Waals surface area contributed by atoms with Crippen LogP contribution in [0.15, 0.2) is 12.3 Å². The second-order valence-corrected chi connectivity index (χ2v) is 4.09. The van der Waals surface area contributed by atoms with Crippen LogP contribution in [-0.2, 0) is 6.54 Å². The van der Waals surface area contributed by atoms with Crippen LogP contribution in [0.2, 0.25) is 0 Å². The minimum atomic E-state index is -0.375. The lowest BCUT2D eigenvalue weighted by atomic mass is 10.2. The summed E-state index contributed by atoms with van der Waals surface area (Å²) in [7, 11) is 0. The zero-order valence-electron chi connectivity index (χ0n) is 10.1. The third kappa shape index (κ3) is 3.38. The Bertz CT molecular complexity index is 367. The van der Waals surface area contributed by atoms with Crippen LogP contribution in [0.4, 0.5) is 4.39 Å². The molecule has 0 unspecified atom stereocenters. The van der Waals surface area contributed by atoms with Crippen LogP contribution in [0.5, 0.6) is 5.88 Å². The molecule has 1 saturated heterocycles. The molecule has 0 atom stereocenters. The van der Waals surface area contributed by atoms with Gasteiger partial charge in [-0.05, 0) is 18.6 Å². The Hall–Kier alpha value is -1.20. The number of halogens is 1. The molecular weight excluding hydrogens is 221 g/mol. The average molecular weight is 239 g/mol. The zero-order chi connectivity index (χ0) is 12.1. The van der Waals surface area contributed by atoms with Crippen molar-refractivity contribution in [3.05, 3.63) is 23.6 Å². The number of ether oxygens (including phenoxy) is 1. The summed E-state index contributed by atoms with van der Waals surface area (Å²) in [5.74, 6) is -0.281. The number of pyridine rings is 1. The smallest absolute Gasteiger partial charge is 0.250 e. The highest BCUT2D eigenvalue weighted by molar-refractivity contribution is 5.20. The third-order valence-electron chi connectivity index (χ3n) is 2.76. The Kier molecular flexibility index (Phi) is 4.28. The Balaban J connectivity index is 1.98. The van der Waals surface area contributed by atoms with Crippen molar-refractivity contribution >= 4 is 0 Å². The molecule has 1 aliphatic rings. The highest BCUT2D eigenvalue weighted by Crippen LogP contribution is 2.15. The first kappa shape index (κ1) is 12.3. The summed E-state index contributed by atoms with van der Waals surface area (Å²) < 4.78 is 18.6. The van der Waals surface area contributed by atoms with E-state index in [1.807, 2.05) is 6.92 Å². The van der Waals surface area contributed by atoms with E-state index >= 15 is 0 Å². The Morgan fingerprint density at radius 2 is 2.24 bits per heavy atom. The number of hydrogen-bond acceptors (Lipinski definition) is 4. The molecule has 1 aromatic rings. The second-order valence-electron chi connectivity index (χ2n) is 4.09. The van der Waals surface area contributed by atoms with E-state index in [0.717, 1.165) is 38.3 Å². The first-order chi connectivity index (χ1) is 8.29. The lowest BCUT2D eigenvalue weighted by Crippen LogP contribution is -2.42. The summed E-state index contributed by atoms with van der Waals surface area (Å²) in [5, 5.41) is 3.29. The van der Waals surface area contributed by atoms with Crippen molar-refractivity contribution in [2.45, 2.75) is 13.5 Å². The molecule has 1 N–H and O–H groups in total. The molecule has 0 aromatic carbocycles. The van der Waals surface area contributed by atoms with Crippen LogP contribution in [0.1, 0.15) is 12.5 Å². The molecule has 0 amide bonds. The van der Waals surface area contributed by atoms with Gasteiger partial charge in [-0.2, -0.15) is 0 Å². The van der Waals surface area contributed by atoms with Gasteiger partial charge in [-0.25, -0.2) is 9.37 Å². The Morgan fingerprint density at radius 3 is 2.88 bits per heavy atom. The first-order valence-electron chi connectivity index (χ1n) is 6.00. The van der Waals surface area contributed by atoms with Gasteiger partial charge in [-0.1, -0.05) is 0 Å². The van der Waals surface area contributed by atoms with Gasteiger partial charge in [0.05, 0.1) is 6.61 Å². The van der Waals surface area contributed by atoms with Crippen LogP contribution in [-0.4, -0.2) is 42.7 Å². The topological polar surface area (TPSA) is 37.4 Å². The molecule has 1 aliphatic heterocycles. The maximum Gasteiger partial charge on any atom is 0.250 e. The number of rotatable bonds is 4. The molecule has 1 aromatic heterocycles. The van der Waals surface area contributed by atoms with Crippen LogP contribution in [0.3, 0.4) is 0 Å². The predicted octanol–water partition coefficient (Wildman–Crippen LogP) is 1.02. The molecule has 1 fully saturated rings. The molecule has 2 heterocycles. The molecule has 0 saturated carbocycles. The lowest BCUT2D eigenvalue weighted by molar-refractivity contribution is 0.232. The van der Waals surface area contributed by atoms with Gasteiger partial charge in [-0.3, -0.25) is 4.90 Å². The van der Waals surface area contributed by atoms with Gasteiger partial charge in [-0.15, -0.1) is 0 Å². The average Bonchev–Trinajstić information content (AvgIpc) is 2.34. The van der Waals surface area contributed by atoms with E-state index in [2.05, 4.69) is 15.2 Å². The highest BCUT2D eigenvalue weighted by Gasteiger charge is 2.12. The van der Waals surface area contributed by atoms with Crippen molar-refractivity contribution in [1.29, 1.82) is 0 Å². The summed E-state index contributed by atoms with van der Waals surface area (Å²) in [5.41, 5.74) is 0.896. The summed E-state index contributed by atoms with van der Waals surface area (Å²) in [6.07, 6.45) is 1.69. The minimum absolute atomic E-state index is 0.0940. The normalized spacial score (nSPS) is 17.1. The molecule has 2 rings (SSSR count). The van der Waals surface area contributed by atoms with E-state index in [-0.39, 0.29) is 11.7 Å². The number of nitrogens with zero attached hydrogens (tertiary/aromatic N) is 2. The zero-order valence-corrected chi connectivity index (χ0v) is 10.1. The summed E-state index contributed by atoms with van der Waals surface area (Å²) >= 11 is 0. The molecule has 4 nitrogen and oxygen atoms in total. The molecular formula is C12H18FN3O. The van der Waals surface area contributed by atoms with E-state index in [9.17, 15) is 4.39 Å². The van der Waals surface area contributed by atoms with Crippen LogP contribution >= 0.6 is 0 Å². The number of piperazine rings is 1. The van der Waals surface area contributed by atoms with Crippen LogP contribution in [0.25, 0.3) is 0 Å². The summed E-state index contributed by atoms with van der Waals surface area (Å²) in [6.45, 7) is 6.97. The van der Waals surface area contributed by atoms with Gasteiger partial charge in [0.15, 0.2) is 5.82 Å². The van der Waals surface area contributed by atoms with Crippen LogP contribution < -0.4 is 10.1 Å². The van der Waals surface area contributed by atoms with E-state index < -0.39 is 0 Å². The van der Waals surface area contributed by atoms with Crippen molar-refractivity contribution < 1.29 is 9.13 Å². The first-order valence-corrected chi connectivity index (χ1v) is 6.00. The highest BCUT2D eigenvalue weighted by atomic mass is 19.1. The Morgan fingerprint density at radius 1 is 1.47 bits per heavy atom. The van der Waals surface area contributed by atoms with Gasteiger partial charge in [0, 0.05) is 38.9 Å². The monoisotopic (exact) mass is 239 g/mol. The fourth-order valence-corrected chi connectivity index (χ4v) is 1.92. The molecule has 0 radical (unpaired) electrons. The summed E-state index contributed by atoms with van der Waals surface area (Å²) in [6, 6.07) is 1.51. The predicted molar refractivity (Wildman–Crippen MR) is 63.5 cm³/mol. The fourth-order valence-electron chi connectivity index (χ4n) is 1.92. The number of nitrogens with one attached hydrogen (secondary N) is 1. The maximum absolute atomic E-state index is 13.6. The van der Waals surface area contributed by atoms with E-state index in [1.54, 1.807) is 6.20 Å². The summed E-state index contributed by atoms with van der Waals surface area (Å²) in [4.78, 5) is 6.28. The molecule has 17 heavy (non-hydrogen) atoms. The van der Waals surface area contributed by atoms with Gasteiger partial charge < -0.3 is 10.1 Å². The largest absolute Gasteiger partial charge is 0.476 e. The van der Waals surface area contributed by atoms with Gasteiger partial charge >= 0.3 is 0 Å². The molecule has 5 heteroatoms. The quantitative estimate of drug-likeness (QED) is 0.851. The third-order valence-corrected chi connectivity index (χ3v) is 2.76. The second kappa shape index (κ2) is 5.93. The van der Waals surface area contributed by atoms with Crippen molar-refractivity contribution in [2.75, 3.05) is 32.8 Å². The number of hydrogen-bond donors (Lipinski definition) is 1. The Labute approximate surface area is 101 Å².